The van der Waals surface area contributed by atoms with Crippen molar-refractivity contribution in [1.82, 2.24) is 30.4 Å². The predicted octanol–water partition coefficient (Wildman–Crippen LogP) is -0.676. The number of aryl methyl sites for hydroxylation is 2. The van der Waals surface area contributed by atoms with E-state index in [1.807, 2.05) is 0 Å². The van der Waals surface area contributed by atoms with Crippen molar-refractivity contribution in [2.45, 2.75) is 6.92 Å². The Morgan fingerprint density at radius 1 is 1.45 bits per heavy atom. The van der Waals surface area contributed by atoms with Crippen LogP contribution in [-0.4, -0.2) is 51.2 Å². The number of amides is 1. The maximum Gasteiger partial charge on any atom is 0.314 e. The van der Waals surface area contributed by atoms with E-state index in [1.165, 1.54) is 11.8 Å². The predicted molar refractivity (Wildman–Crippen MR) is 64.4 cm³/mol. The third-order valence-electron chi connectivity index (χ3n) is 2.35. The third kappa shape index (κ3) is 3.02. The summed E-state index contributed by atoms with van der Waals surface area (Å²) in [6.07, 6.45) is 0. The fourth-order valence-electron chi connectivity index (χ4n) is 1.39. The number of nitrogens with one attached hydrogen (secondary N) is 1. The van der Waals surface area contributed by atoms with Crippen molar-refractivity contribution in [2.75, 3.05) is 20.3 Å². The molecule has 2 aromatic rings. The number of aromatic nitrogens is 5. The smallest absolute Gasteiger partial charge is 0.314 e. The molecule has 1 N–H and O–H groups in total. The van der Waals surface area contributed by atoms with Crippen LogP contribution >= 0.6 is 0 Å². The van der Waals surface area contributed by atoms with Crippen LogP contribution in [0.15, 0.2) is 4.63 Å². The van der Waals surface area contributed by atoms with Gasteiger partial charge in [0.2, 0.25) is 5.82 Å². The second-order valence-electron chi connectivity index (χ2n) is 3.80. The van der Waals surface area contributed by atoms with E-state index in [1.54, 1.807) is 14.0 Å². The zero-order chi connectivity index (χ0) is 14.5. The summed E-state index contributed by atoms with van der Waals surface area (Å²) in [5, 5.41) is 13.6. The Hall–Kier alpha value is -2.65. The van der Waals surface area contributed by atoms with Gasteiger partial charge in [-0.2, -0.15) is 4.98 Å². The van der Waals surface area contributed by atoms with Gasteiger partial charge in [0.15, 0.2) is 0 Å². The first-order valence-corrected chi connectivity index (χ1v) is 5.77. The second-order valence-corrected chi connectivity index (χ2v) is 3.80. The minimum absolute atomic E-state index is 0.0311. The van der Waals surface area contributed by atoms with Crippen LogP contribution in [0.3, 0.4) is 0 Å². The first kappa shape index (κ1) is 13.8. The molecular formula is C10H14N6O4. The molecule has 0 aromatic carbocycles. The van der Waals surface area contributed by atoms with Crippen molar-refractivity contribution in [3.63, 3.8) is 0 Å². The lowest BCUT2D eigenvalue weighted by Gasteiger charge is -2.03. The Morgan fingerprint density at radius 3 is 2.85 bits per heavy atom. The third-order valence-corrected chi connectivity index (χ3v) is 2.35. The first-order valence-electron chi connectivity index (χ1n) is 5.77. The van der Waals surface area contributed by atoms with Crippen LogP contribution in [-0.2, 0) is 7.05 Å². The quantitative estimate of drug-likeness (QED) is 0.693. The lowest BCUT2D eigenvalue weighted by atomic mass is 10.5. The van der Waals surface area contributed by atoms with Gasteiger partial charge in [-0.25, -0.2) is 9.31 Å². The molecule has 0 aliphatic heterocycles. The van der Waals surface area contributed by atoms with Gasteiger partial charge in [0.25, 0.3) is 11.8 Å². The monoisotopic (exact) mass is 282 g/mol. The fraction of sp³-hybridized carbons (Fsp3) is 0.500. The largest absolute Gasteiger partial charge is 0.472 e. The van der Waals surface area contributed by atoms with Crippen LogP contribution < -0.4 is 14.8 Å². The van der Waals surface area contributed by atoms with Gasteiger partial charge in [0.1, 0.15) is 12.3 Å². The molecule has 0 saturated heterocycles. The Kier molecular flexibility index (Phi) is 4.13. The number of nitrogens with zero attached hydrogens (tertiary/aromatic N) is 5. The molecule has 2 aromatic heterocycles. The Balaban J connectivity index is 1.79. The summed E-state index contributed by atoms with van der Waals surface area (Å²) in [6.45, 7) is 2.20. The lowest BCUT2D eigenvalue weighted by molar-refractivity contribution is 0.0935. The molecule has 0 atom stereocenters. The molecule has 1 amide bonds. The van der Waals surface area contributed by atoms with E-state index in [2.05, 4.69) is 30.3 Å². The van der Waals surface area contributed by atoms with Gasteiger partial charge >= 0.3 is 6.01 Å². The van der Waals surface area contributed by atoms with Gasteiger partial charge in [0, 0.05) is 7.05 Å². The number of hydrogen-bond donors (Lipinski definition) is 1. The van der Waals surface area contributed by atoms with E-state index in [-0.39, 0.29) is 25.0 Å². The van der Waals surface area contributed by atoms with Crippen molar-refractivity contribution in [2.24, 2.45) is 7.05 Å². The number of methoxy groups -OCH3 is 1. The molecule has 0 radical (unpaired) electrons. The Bertz CT molecular complexity index is 592. The molecule has 0 aliphatic rings. The summed E-state index contributed by atoms with van der Waals surface area (Å²) < 4.78 is 16.0. The highest BCUT2D eigenvalue weighted by Gasteiger charge is 2.14. The van der Waals surface area contributed by atoms with Crippen LogP contribution in [0.5, 0.6) is 11.9 Å². The number of carbonyl (C=O) groups excluding carboxylic acids is 1. The van der Waals surface area contributed by atoms with Crippen molar-refractivity contribution in [3.8, 4) is 11.9 Å². The maximum atomic E-state index is 11.7. The molecule has 10 heteroatoms. The normalized spacial score (nSPS) is 10.3. The lowest BCUT2D eigenvalue weighted by Crippen LogP contribution is -2.29. The standard InChI is InChI=1S/C10H14N6O4/c1-6-9(15-20-14-6)19-5-4-11-8(17)7-12-10(18-3)16(2)13-7/h4-5H2,1-3H3,(H,11,17). The van der Waals surface area contributed by atoms with Gasteiger partial charge in [-0.3, -0.25) is 4.79 Å². The number of hydrogen-bond acceptors (Lipinski definition) is 8. The fourth-order valence-corrected chi connectivity index (χ4v) is 1.39. The van der Waals surface area contributed by atoms with Crippen LogP contribution in [0.25, 0.3) is 0 Å². The van der Waals surface area contributed by atoms with Crippen molar-refractivity contribution in [1.29, 1.82) is 0 Å². The molecule has 20 heavy (non-hydrogen) atoms. The van der Waals surface area contributed by atoms with E-state index < -0.39 is 5.91 Å². The van der Waals surface area contributed by atoms with Gasteiger partial charge in [-0.1, -0.05) is 5.16 Å². The van der Waals surface area contributed by atoms with Gasteiger partial charge in [-0.15, -0.1) is 5.10 Å². The topological polar surface area (TPSA) is 117 Å². The average Bonchev–Trinajstić information content (AvgIpc) is 3.00. The van der Waals surface area contributed by atoms with Crippen molar-refractivity contribution in [3.05, 3.63) is 11.5 Å². The van der Waals surface area contributed by atoms with Gasteiger partial charge in [-0.05, 0) is 12.1 Å². The highest BCUT2D eigenvalue weighted by molar-refractivity contribution is 5.90. The number of rotatable bonds is 6. The van der Waals surface area contributed by atoms with E-state index in [0.717, 1.165) is 0 Å². The highest BCUT2D eigenvalue weighted by atomic mass is 16.6. The summed E-state index contributed by atoms with van der Waals surface area (Å²) in [6, 6.07) is 0.260. The Morgan fingerprint density at radius 2 is 2.25 bits per heavy atom. The summed E-state index contributed by atoms with van der Waals surface area (Å²) in [4.78, 5) is 15.7. The van der Waals surface area contributed by atoms with Gasteiger partial charge < -0.3 is 14.8 Å². The van der Waals surface area contributed by atoms with Crippen LogP contribution in [0.2, 0.25) is 0 Å². The molecule has 10 nitrogen and oxygen atoms in total. The molecule has 0 saturated carbocycles. The highest BCUT2D eigenvalue weighted by Crippen LogP contribution is 2.09. The molecule has 0 bridgehead atoms. The molecule has 0 spiro atoms. The van der Waals surface area contributed by atoms with Crippen LogP contribution in [0, 0.1) is 6.92 Å². The molecule has 108 valence electrons. The molecular weight excluding hydrogens is 268 g/mol. The van der Waals surface area contributed by atoms with Crippen LogP contribution in [0.1, 0.15) is 16.3 Å². The van der Waals surface area contributed by atoms with Crippen molar-refractivity contribution >= 4 is 5.91 Å². The number of ether oxygens (including phenoxy) is 2. The zero-order valence-corrected chi connectivity index (χ0v) is 11.3. The van der Waals surface area contributed by atoms with Crippen LogP contribution in [0.4, 0.5) is 0 Å². The second kappa shape index (κ2) is 5.99. The molecule has 0 aliphatic carbocycles. The molecule has 2 rings (SSSR count). The first-order chi connectivity index (χ1) is 9.61. The maximum absolute atomic E-state index is 11.7. The SMILES string of the molecule is COc1nc(C(=O)NCCOc2nonc2C)nn1C. The van der Waals surface area contributed by atoms with Crippen molar-refractivity contribution < 1.29 is 18.9 Å². The molecule has 2 heterocycles. The zero-order valence-electron chi connectivity index (χ0n) is 11.3. The number of carbonyl (C=O) groups is 1. The Labute approximate surface area is 114 Å². The minimum Gasteiger partial charge on any atom is -0.472 e. The van der Waals surface area contributed by atoms with Gasteiger partial charge in [0.05, 0.1) is 13.7 Å². The summed E-state index contributed by atoms with van der Waals surface area (Å²) in [5.41, 5.74) is 0.549. The van der Waals surface area contributed by atoms with E-state index in [0.29, 0.717) is 11.6 Å². The van der Waals surface area contributed by atoms with E-state index in [4.69, 9.17) is 9.47 Å². The molecule has 0 unspecified atom stereocenters. The summed E-state index contributed by atoms with van der Waals surface area (Å²) in [7, 11) is 3.08. The van der Waals surface area contributed by atoms with E-state index in [9.17, 15) is 4.79 Å². The summed E-state index contributed by atoms with van der Waals surface area (Å²) in [5.74, 6) is -0.0805. The average molecular weight is 282 g/mol. The summed E-state index contributed by atoms with van der Waals surface area (Å²) >= 11 is 0. The van der Waals surface area contributed by atoms with E-state index >= 15 is 0 Å². The molecule has 0 fully saturated rings. The minimum atomic E-state index is -0.414.